The van der Waals surface area contributed by atoms with Crippen molar-refractivity contribution in [3.8, 4) is 0 Å². The van der Waals surface area contributed by atoms with E-state index >= 15 is 0 Å². The third kappa shape index (κ3) is 12.0. The zero-order valence-electron chi connectivity index (χ0n) is 34.7. The van der Waals surface area contributed by atoms with Crippen molar-refractivity contribution < 1.29 is 9.53 Å². The summed E-state index contributed by atoms with van der Waals surface area (Å²) in [7, 11) is 0. The lowest BCUT2D eigenvalue weighted by atomic mass is 9.47. The first-order chi connectivity index (χ1) is 24.6. The minimum absolute atomic E-state index is 0.0421. The molecule has 2 heteroatoms. The van der Waals surface area contributed by atoms with Gasteiger partial charge in [-0.25, -0.2) is 0 Å². The van der Waals surface area contributed by atoms with Crippen LogP contribution < -0.4 is 0 Å². The molecule has 0 amide bonds. The van der Waals surface area contributed by atoms with E-state index in [-0.39, 0.29) is 12.1 Å². The molecule has 0 aliphatic heterocycles. The minimum Gasteiger partial charge on any atom is -0.462 e. The van der Waals surface area contributed by atoms with Gasteiger partial charge in [0.2, 0.25) is 0 Å². The van der Waals surface area contributed by atoms with Gasteiger partial charge in [0.05, 0.1) is 0 Å². The van der Waals surface area contributed by atoms with Gasteiger partial charge in [0, 0.05) is 12.8 Å². The van der Waals surface area contributed by atoms with Gasteiger partial charge in [-0.05, 0) is 129 Å². The fourth-order valence-corrected chi connectivity index (χ4v) is 11.4. The molecule has 4 rings (SSSR count). The van der Waals surface area contributed by atoms with Crippen LogP contribution in [0.4, 0.5) is 0 Å². The first kappa shape index (κ1) is 42.2. The van der Waals surface area contributed by atoms with Crippen LogP contribution in [0.1, 0.15) is 196 Å². The number of rotatable bonds is 22. The van der Waals surface area contributed by atoms with Gasteiger partial charge < -0.3 is 4.74 Å². The molecule has 0 bridgehead atoms. The zero-order valence-corrected chi connectivity index (χ0v) is 34.7. The maximum Gasteiger partial charge on any atom is 0.306 e. The molecule has 0 aromatic rings. The van der Waals surface area contributed by atoms with Gasteiger partial charge >= 0.3 is 5.97 Å². The van der Waals surface area contributed by atoms with Gasteiger partial charge in [0.15, 0.2) is 0 Å². The SMILES string of the molecule is CCCCCCC/C=C/C=C/C=C/CCCCCCCC(=O)OC1CCC2(C)C(=CCC3C2CCC2(C)C(C(C)CCC(C)C(C)C)CCC32)C1. The maximum atomic E-state index is 12.9. The number of hydrogen-bond acceptors (Lipinski definition) is 2. The molecule has 3 saturated carbocycles. The molecular formula is C49H82O2. The Morgan fingerprint density at radius 2 is 1.45 bits per heavy atom. The minimum atomic E-state index is 0.0421. The van der Waals surface area contributed by atoms with Gasteiger partial charge in [-0.2, -0.15) is 0 Å². The molecule has 290 valence electrons. The van der Waals surface area contributed by atoms with Crippen molar-refractivity contribution >= 4 is 5.97 Å². The molecule has 0 spiro atoms. The maximum absolute atomic E-state index is 12.9. The summed E-state index contributed by atoms with van der Waals surface area (Å²) >= 11 is 0. The fourth-order valence-electron chi connectivity index (χ4n) is 11.4. The lowest BCUT2D eigenvalue weighted by Crippen LogP contribution is -2.51. The van der Waals surface area contributed by atoms with Gasteiger partial charge in [-0.1, -0.05) is 154 Å². The van der Waals surface area contributed by atoms with Crippen LogP contribution in [-0.4, -0.2) is 12.1 Å². The Morgan fingerprint density at radius 3 is 2.14 bits per heavy atom. The summed E-state index contributed by atoms with van der Waals surface area (Å²) in [5.41, 5.74) is 2.49. The van der Waals surface area contributed by atoms with Gasteiger partial charge in [-0.3, -0.25) is 4.79 Å². The normalized spacial score (nSPS) is 31.9. The summed E-state index contributed by atoms with van der Waals surface area (Å²) in [6.07, 6.45) is 44.6. The Bertz CT molecular complexity index is 1140. The van der Waals surface area contributed by atoms with E-state index in [1.54, 1.807) is 5.57 Å². The Labute approximate surface area is 317 Å². The molecule has 0 radical (unpaired) electrons. The van der Waals surface area contributed by atoms with Gasteiger partial charge in [-0.15, -0.1) is 0 Å². The highest BCUT2D eigenvalue weighted by molar-refractivity contribution is 5.69. The second-order valence-electron chi connectivity index (χ2n) is 18.9. The average molecular weight is 703 g/mol. The predicted molar refractivity (Wildman–Crippen MR) is 221 cm³/mol. The number of allylic oxidation sites excluding steroid dienone is 7. The highest BCUT2D eigenvalue weighted by atomic mass is 16.5. The van der Waals surface area contributed by atoms with E-state index in [0.717, 1.165) is 73.5 Å². The smallest absolute Gasteiger partial charge is 0.306 e. The van der Waals surface area contributed by atoms with Gasteiger partial charge in [0.25, 0.3) is 0 Å². The van der Waals surface area contributed by atoms with E-state index in [4.69, 9.17) is 4.74 Å². The lowest BCUT2D eigenvalue weighted by Gasteiger charge is -2.58. The molecular weight excluding hydrogens is 621 g/mol. The summed E-state index contributed by atoms with van der Waals surface area (Å²) in [6.45, 7) is 17.4. The summed E-state index contributed by atoms with van der Waals surface area (Å²) in [5, 5.41) is 0. The molecule has 9 unspecified atom stereocenters. The predicted octanol–water partition coefficient (Wildman–Crippen LogP) is 14.9. The highest BCUT2D eigenvalue weighted by Crippen LogP contribution is 2.67. The van der Waals surface area contributed by atoms with Crippen molar-refractivity contribution in [1.82, 2.24) is 0 Å². The van der Waals surface area contributed by atoms with Crippen molar-refractivity contribution in [2.24, 2.45) is 52.3 Å². The molecule has 51 heavy (non-hydrogen) atoms. The van der Waals surface area contributed by atoms with Crippen LogP contribution in [-0.2, 0) is 9.53 Å². The highest BCUT2D eigenvalue weighted by Gasteiger charge is 2.59. The average Bonchev–Trinajstić information content (AvgIpc) is 3.47. The Balaban J connectivity index is 1.10. The molecule has 0 N–H and O–H groups in total. The quantitative estimate of drug-likeness (QED) is 0.0486. The molecule has 3 fully saturated rings. The second-order valence-corrected chi connectivity index (χ2v) is 18.9. The monoisotopic (exact) mass is 703 g/mol. The van der Waals surface area contributed by atoms with Crippen LogP contribution in [0, 0.1) is 52.3 Å². The largest absolute Gasteiger partial charge is 0.462 e. The van der Waals surface area contributed by atoms with Crippen molar-refractivity contribution in [2.45, 2.75) is 202 Å². The number of ether oxygens (including phenoxy) is 1. The number of unbranched alkanes of at least 4 members (excludes halogenated alkanes) is 10. The topological polar surface area (TPSA) is 26.3 Å². The third-order valence-electron chi connectivity index (χ3n) is 15.2. The summed E-state index contributed by atoms with van der Waals surface area (Å²) in [4.78, 5) is 12.9. The summed E-state index contributed by atoms with van der Waals surface area (Å²) in [6, 6.07) is 0. The Morgan fingerprint density at radius 1 is 0.784 bits per heavy atom. The van der Waals surface area contributed by atoms with E-state index in [0.29, 0.717) is 17.3 Å². The van der Waals surface area contributed by atoms with Crippen molar-refractivity contribution in [3.63, 3.8) is 0 Å². The van der Waals surface area contributed by atoms with Crippen LogP contribution in [0.15, 0.2) is 48.1 Å². The number of carbonyl (C=O) groups is 1. The van der Waals surface area contributed by atoms with Crippen molar-refractivity contribution in [2.75, 3.05) is 0 Å². The standard InChI is InChI=1S/C49H82O2/c1-8-9-10-11-12-13-14-15-16-17-18-19-20-21-22-23-24-25-26-47(50)51-42-33-35-48(6)41(37-42)29-30-43-45-32-31-44(49(45,7)36-34-46(43)48)40(5)28-27-39(4)38(2)3/h14-19,29,38-40,42-46H,8-13,20-28,30-37H2,1-7H3/b15-14+,17-16+,19-18+. The van der Waals surface area contributed by atoms with Crippen LogP contribution in [0.25, 0.3) is 0 Å². The number of fused-ring (bicyclic) bond motifs is 5. The first-order valence-corrected chi connectivity index (χ1v) is 22.5. The molecule has 0 saturated heterocycles. The van der Waals surface area contributed by atoms with Crippen LogP contribution >= 0.6 is 0 Å². The lowest BCUT2D eigenvalue weighted by molar-refractivity contribution is -0.151. The molecule has 0 aromatic heterocycles. The molecule has 4 aliphatic carbocycles. The molecule has 9 atom stereocenters. The fraction of sp³-hybridized carbons (Fsp3) is 0.816. The van der Waals surface area contributed by atoms with E-state index in [2.05, 4.69) is 91.0 Å². The molecule has 0 heterocycles. The Hall–Kier alpha value is -1.57. The molecule has 2 nitrogen and oxygen atoms in total. The number of esters is 1. The number of hydrogen-bond donors (Lipinski definition) is 0. The summed E-state index contributed by atoms with van der Waals surface area (Å²) in [5.74, 6) is 6.04. The van der Waals surface area contributed by atoms with Crippen LogP contribution in [0.2, 0.25) is 0 Å². The third-order valence-corrected chi connectivity index (χ3v) is 15.2. The van der Waals surface area contributed by atoms with Crippen molar-refractivity contribution in [3.05, 3.63) is 48.1 Å². The molecule has 4 aliphatic rings. The van der Waals surface area contributed by atoms with E-state index in [1.165, 1.54) is 109 Å². The van der Waals surface area contributed by atoms with Gasteiger partial charge in [0.1, 0.15) is 6.10 Å². The molecule has 0 aromatic carbocycles. The van der Waals surface area contributed by atoms with E-state index < -0.39 is 0 Å². The van der Waals surface area contributed by atoms with Crippen molar-refractivity contribution in [1.29, 1.82) is 0 Å². The second kappa shape index (κ2) is 21.4. The van der Waals surface area contributed by atoms with E-state index in [9.17, 15) is 4.79 Å². The Kier molecular flexibility index (Phi) is 17.7. The number of carbonyl (C=O) groups excluding carboxylic acids is 1. The summed E-state index contributed by atoms with van der Waals surface area (Å²) < 4.78 is 6.13. The van der Waals surface area contributed by atoms with E-state index in [1.807, 2.05) is 0 Å². The van der Waals surface area contributed by atoms with Crippen LogP contribution in [0.3, 0.4) is 0 Å². The first-order valence-electron chi connectivity index (χ1n) is 22.5. The zero-order chi connectivity index (χ0) is 36.7. The van der Waals surface area contributed by atoms with Crippen LogP contribution in [0.5, 0.6) is 0 Å².